The monoisotopic (exact) mass is 307 g/mol. The van der Waals surface area contributed by atoms with Crippen LogP contribution >= 0.6 is 15.9 Å². The van der Waals surface area contributed by atoms with Gasteiger partial charge in [0.15, 0.2) is 0 Å². The predicted octanol–water partition coefficient (Wildman–Crippen LogP) is 3.12. The van der Waals surface area contributed by atoms with E-state index in [1.807, 2.05) is 19.6 Å². The first-order valence-corrected chi connectivity index (χ1v) is 6.74. The fourth-order valence-electron chi connectivity index (χ4n) is 2.00. The van der Waals surface area contributed by atoms with E-state index in [2.05, 4.69) is 62.6 Å². The van der Waals surface area contributed by atoms with Crippen LogP contribution in [-0.4, -0.2) is 21.5 Å². The molecular formula is C14H18BrN3. The van der Waals surface area contributed by atoms with Crippen LogP contribution in [0.5, 0.6) is 0 Å². The zero-order chi connectivity index (χ0) is 13.1. The zero-order valence-electron chi connectivity index (χ0n) is 11.0. The number of halogens is 1. The number of nitrogens with zero attached hydrogens (tertiary/aromatic N) is 3. The second-order valence-corrected chi connectivity index (χ2v) is 5.65. The van der Waals surface area contributed by atoms with Gasteiger partial charge in [-0.3, -0.25) is 4.90 Å². The van der Waals surface area contributed by atoms with Crippen LogP contribution in [0.1, 0.15) is 16.8 Å². The van der Waals surface area contributed by atoms with Crippen molar-refractivity contribution >= 4 is 15.9 Å². The van der Waals surface area contributed by atoms with Crippen LogP contribution in [0.15, 0.2) is 35.2 Å². The van der Waals surface area contributed by atoms with Crippen LogP contribution in [-0.2, 0) is 20.1 Å². The highest BCUT2D eigenvalue weighted by Crippen LogP contribution is 2.17. The SMILES string of the molecule is Cc1cc(Br)ccc1CN(C)Cc1cncn1C. The molecule has 0 bridgehead atoms. The molecule has 0 aliphatic heterocycles. The fourth-order valence-corrected chi connectivity index (χ4v) is 2.47. The van der Waals surface area contributed by atoms with Crippen molar-refractivity contribution in [2.75, 3.05) is 7.05 Å². The molecule has 1 aromatic carbocycles. The molecule has 0 N–H and O–H groups in total. The van der Waals surface area contributed by atoms with E-state index in [9.17, 15) is 0 Å². The number of benzene rings is 1. The Bertz CT molecular complexity index is 534. The smallest absolute Gasteiger partial charge is 0.0945 e. The molecule has 3 nitrogen and oxygen atoms in total. The summed E-state index contributed by atoms with van der Waals surface area (Å²) in [4.78, 5) is 6.44. The Labute approximate surface area is 117 Å². The number of aromatic nitrogens is 2. The van der Waals surface area contributed by atoms with Crippen molar-refractivity contribution in [3.8, 4) is 0 Å². The lowest BCUT2D eigenvalue weighted by Crippen LogP contribution is -2.19. The first-order chi connectivity index (χ1) is 8.56. The minimum absolute atomic E-state index is 0.909. The van der Waals surface area contributed by atoms with E-state index in [4.69, 9.17) is 0 Å². The molecule has 0 fully saturated rings. The Morgan fingerprint density at radius 2 is 2.11 bits per heavy atom. The molecule has 4 heteroatoms. The predicted molar refractivity (Wildman–Crippen MR) is 77.3 cm³/mol. The Morgan fingerprint density at radius 1 is 1.33 bits per heavy atom. The van der Waals surface area contributed by atoms with Crippen LogP contribution in [0.2, 0.25) is 0 Å². The Morgan fingerprint density at radius 3 is 2.72 bits per heavy atom. The summed E-state index contributed by atoms with van der Waals surface area (Å²) >= 11 is 3.50. The van der Waals surface area contributed by atoms with Crippen molar-refractivity contribution < 1.29 is 0 Å². The summed E-state index contributed by atoms with van der Waals surface area (Å²) in [5.41, 5.74) is 3.91. The van der Waals surface area contributed by atoms with Crippen LogP contribution < -0.4 is 0 Å². The lowest BCUT2D eigenvalue weighted by molar-refractivity contribution is 0.311. The van der Waals surface area contributed by atoms with Gasteiger partial charge in [0, 0.05) is 30.8 Å². The second kappa shape index (κ2) is 5.67. The molecule has 0 atom stereocenters. The maximum Gasteiger partial charge on any atom is 0.0945 e. The molecule has 18 heavy (non-hydrogen) atoms. The highest BCUT2D eigenvalue weighted by molar-refractivity contribution is 9.10. The third-order valence-electron chi connectivity index (χ3n) is 3.09. The zero-order valence-corrected chi connectivity index (χ0v) is 12.6. The first kappa shape index (κ1) is 13.3. The molecule has 1 heterocycles. The van der Waals surface area contributed by atoms with Crippen molar-refractivity contribution in [2.45, 2.75) is 20.0 Å². The van der Waals surface area contributed by atoms with Crippen molar-refractivity contribution in [1.82, 2.24) is 14.5 Å². The molecule has 0 aliphatic rings. The molecule has 0 radical (unpaired) electrons. The number of aryl methyl sites for hydroxylation is 2. The van der Waals surface area contributed by atoms with E-state index >= 15 is 0 Å². The summed E-state index contributed by atoms with van der Waals surface area (Å²) in [7, 11) is 4.16. The summed E-state index contributed by atoms with van der Waals surface area (Å²) < 4.78 is 3.20. The molecule has 0 spiro atoms. The van der Waals surface area contributed by atoms with Crippen LogP contribution in [0.3, 0.4) is 0 Å². The molecule has 0 saturated carbocycles. The summed E-state index contributed by atoms with van der Waals surface area (Å²) in [5.74, 6) is 0. The van der Waals surface area contributed by atoms with Gasteiger partial charge in [0.1, 0.15) is 0 Å². The fraction of sp³-hybridized carbons (Fsp3) is 0.357. The molecule has 0 amide bonds. The van der Waals surface area contributed by atoms with E-state index in [0.717, 1.165) is 17.6 Å². The molecule has 0 saturated heterocycles. The highest BCUT2D eigenvalue weighted by Gasteiger charge is 2.06. The van der Waals surface area contributed by atoms with Gasteiger partial charge in [-0.1, -0.05) is 22.0 Å². The maximum atomic E-state index is 4.14. The molecule has 0 aliphatic carbocycles. The van der Waals surface area contributed by atoms with Crippen molar-refractivity contribution in [3.05, 3.63) is 52.0 Å². The Hall–Kier alpha value is -1.13. The lowest BCUT2D eigenvalue weighted by atomic mass is 10.1. The van der Waals surface area contributed by atoms with Gasteiger partial charge in [-0.15, -0.1) is 0 Å². The van der Waals surface area contributed by atoms with Gasteiger partial charge in [-0.05, 0) is 37.2 Å². The molecular weight excluding hydrogens is 290 g/mol. The number of hydrogen-bond donors (Lipinski definition) is 0. The standard InChI is InChI=1S/C14H18BrN3/c1-11-6-13(15)5-4-12(11)8-17(2)9-14-7-16-10-18(14)3/h4-7,10H,8-9H2,1-3H3. The molecule has 1 aromatic heterocycles. The Balaban J connectivity index is 2.03. The van der Waals surface area contributed by atoms with Crippen LogP contribution in [0.4, 0.5) is 0 Å². The molecule has 0 unspecified atom stereocenters. The second-order valence-electron chi connectivity index (χ2n) is 4.74. The topological polar surface area (TPSA) is 21.1 Å². The molecule has 96 valence electrons. The highest BCUT2D eigenvalue weighted by atomic mass is 79.9. The Kier molecular flexibility index (Phi) is 4.19. The lowest BCUT2D eigenvalue weighted by Gasteiger charge is -2.18. The van der Waals surface area contributed by atoms with Gasteiger partial charge in [-0.25, -0.2) is 4.98 Å². The summed E-state index contributed by atoms with van der Waals surface area (Å²) in [6, 6.07) is 6.44. The van der Waals surface area contributed by atoms with E-state index in [0.29, 0.717) is 0 Å². The van der Waals surface area contributed by atoms with E-state index in [1.54, 1.807) is 0 Å². The first-order valence-electron chi connectivity index (χ1n) is 5.95. The van der Waals surface area contributed by atoms with Gasteiger partial charge in [-0.2, -0.15) is 0 Å². The average Bonchev–Trinajstić information content (AvgIpc) is 2.69. The van der Waals surface area contributed by atoms with E-state index in [-0.39, 0.29) is 0 Å². The van der Waals surface area contributed by atoms with Crippen LogP contribution in [0, 0.1) is 6.92 Å². The minimum atomic E-state index is 0.909. The molecule has 2 aromatic rings. The van der Waals surface area contributed by atoms with E-state index in [1.165, 1.54) is 16.8 Å². The quantitative estimate of drug-likeness (QED) is 0.865. The maximum absolute atomic E-state index is 4.14. The number of hydrogen-bond acceptors (Lipinski definition) is 2. The molecule has 2 rings (SSSR count). The van der Waals surface area contributed by atoms with E-state index < -0.39 is 0 Å². The normalized spacial score (nSPS) is 11.2. The summed E-state index contributed by atoms with van der Waals surface area (Å²) in [6.45, 7) is 4.01. The van der Waals surface area contributed by atoms with Gasteiger partial charge in [0.2, 0.25) is 0 Å². The van der Waals surface area contributed by atoms with Crippen LogP contribution in [0.25, 0.3) is 0 Å². The van der Waals surface area contributed by atoms with Gasteiger partial charge >= 0.3 is 0 Å². The summed E-state index contributed by atoms with van der Waals surface area (Å²) in [5, 5.41) is 0. The van der Waals surface area contributed by atoms with Gasteiger partial charge < -0.3 is 4.57 Å². The van der Waals surface area contributed by atoms with Gasteiger partial charge in [0.05, 0.1) is 12.0 Å². The number of rotatable bonds is 4. The van der Waals surface area contributed by atoms with Crippen molar-refractivity contribution in [1.29, 1.82) is 0 Å². The summed E-state index contributed by atoms with van der Waals surface area (Å²) in [6.07, 6.45) is 3.76. The number of imidazole rings is 1. The van der Waals surface area contributed by atoms with Crippen molar-refractivity contribution in [2.24, 2.45) is 7.05 Å². The van der Waals surface area contributed by atoms with Gasteiger partial charge in [0.25, 0.3) is 0 Å². The third kappa shape index (κ3) is 3.21. The minimum Gasteiger partial charge on any atom is -0.337 e. The van der Waals surface area contributed by atoms with Crippen molar-refractivity contribution in [3.63, 3.8) is 0 Å². The average molecular weight is 308 g/mol. The third-order valence-corrected chi connectivity index (χ3v) is 3.59. The largest absolute Gasteiger partial charge is 0.337 e.